The maximum Gasteiger partial charge on any atom is 0.416 e. The summed E-state index contributed by atoms with van der Waals surface area (Å²) in [5.41, 5.74) is 0.386. The first-order valence-electron chi connectivity index (χ1n) is 10.1. The minimum Gasteiger partial charge on any atom is -0.459 e. The molecule has 0 spiro atoms. The number of nitrogens with one attached hydrogen (secondary N) is 1. The molecule has 1 saturated heterocycles. The molecule has 0 unspecified atom stereocenters. The molecular formula is C23H22F4N2O2. The predicted octanol–water partition coefficient (Wildman–Crippen LogP) is 5.68. The van der Waals surface area contributed by atoms with Gasteiger partial charge in [-0.25, -0.2) is 4.39 Å². The normalized spacial score (nSPS) is 17.8. The van der Waals surface area contributed by atoms with Crippen molar-refractivity contribution in [1.82, 2.24) is 5.32 Å². The first kappa shape index (κ1) is 21.2. The second-order valence-electron chi connectivity index (χ2n) is 7.97. The van der Waals surface area contributed by atoms with Gasteiger partial charge in [0.2, 0.25) is 5.91 Å². The van der Waals surface area contributed by atoms with E-state index in [-0.39, 0.29) is 30.1 Å². The fourth-order valence-electron chi connectivity index (χ4n) is 3.99. The molecule has 164 valence electrons. The molecule has 0 saturated carbocycles. The van der Waals surface area contributed by atoms with E-state index in [9.17, 15) is 22.4 Å². The highest BCUT2D eigenvalue weighted by Crippen LogP contribution is 2.33. The van der Waals surface area contributed by atoms with Gasteiger partial charge in [-0.05, 0) is 61.7 Å². The van der Waals surface area contributed by atoms with Gasteiger partial charge in [-0.2, -0.15) is 13.2 Å². The number of alkyl halides is 3. The third-order valence-corrected chi connectivity index (χ3v) is 5.60. The molecule has 4 rings (SSSR count). The highest BCUT2D eigenvalue weighted by atomic mass is 19.4. The Bertz CT molecular complexity index is 1090. The highest BCUT2D eigenvalue weighted by Gasteiger charge is 2.32. The van der Waals surface area contributed by atoms with Gasteiger partial charge in [-0.15, -0.1) is 0 Å². The third-order valence-electron chi connectivity index (χ3n) is 5.60. The molecule has 3 aromatic rings. The highest BCUT2D eigenvalue weighted by molar-refractivity contribution is 5.79. The third kappa shape index (κ3) is 4.84. The Morgan fingerprint density at radius 1 is 1.23 bits per heavy atom. The number of hydrogen-bond acceptors (Lipinski definition) is 3. The molecule has 2 atom stereocenters. The summed E-state index contributed by atoms with van der Waals surface area (Å²) in [6.07, 6.45) is -3.38. The van der Waals surface area contributed by atoms with Crippen molar-refractivity contribution in [2.24, 2.45) is 5.92 Å². The van der Waals surface area contributed by atoms with Crippen molar-refractivity contribution in [3.8, 4) is 0 Å². The lowest BCUT2D eigenvalue weighted by Crippen LogP contribution is -2.29. The number of halogens is 4. The maximum atomic E-state index is 13.3. The van der Waals surface area contributed by atoms with Crippen molar-refractivity contribution in [3.63, 3.8) is 0 Å². The molecule has 2 heterocycles. The van der Waals surface area contributed by atoms with Crippen LogP contribution >= 0.6 is 0 Å². The van der Waals surface area contributed by atoms with Crippen LogP contribution in [-0.2, 0) is 11.0 Å². The zero-order chi connectivity index (χ0) is 22.2. The first-order chi connectivity index (χ1) is 14.7. The Hall–Kier alpha value is -3.03. The van der Waals surface area contributed by atoms with Crippen LogP contribution in [0.3, 0.4) is 0 Å². The molecule has 1 N–H and O–H groups in total. The fourth-order valence-corrected chi connectivity index (χ4v) is 3.99. The van der Waals surface area contributed by atoms with Gasteiger partial charge in [0.05, 0.1) is 11.6 Å². The lowest BCUT2D eigenvalue weighted by atomic mass is 10.0. The SMILES string of the molecule is C[C@@H](NC(=O)C[C@@H]1CCN(c2cccc(C(F)(F)F)c2)C1)c1cc2cc(F)ccc2o1. The van der Waals surface area contributed by atoms with Gasteiger partial charge in [0.25, 0.3) is 0 Å². The number of nitrogens with zero attached hydrogens (tertiary/aromatic N) is 1. The number of benzene rings is 2. The summed E-state index contributed by atoms with van der Waals surface area (Å²) in [5.74, 6) is 0.0654. The van der Waals surface area contributed by atoms with Crippen LogP contribution in [0.2, 0.25) is 0 Å². The minimum absolute atomic E-state index is 0.0477. The molecule has 1 aliphatic heterocycles. The van der Waals surface area contributed by atoms with Crippen LogP contribution < -0.4 is 10.2 Å². The monoisotopic (exact) mass is 434 g/mol. The lowest BCUT2D eigenvalue weighted by Gasteiger charge is -2.20. The van der Waals surface area contributed by atoms with E-state index in [1.165, 1.54) is 18.2 Å². The molecule has 2 aromatic carbocycles. The van der Waals surface area contributed by atoms with E-state index in [4.69, 9.17) is 4.42 Å². The molecule has 4 nitrogen and oxygen atoms in total. The van der Waals surface area contributed by atoms with Gasteiger partial charge in [-0.1, -0.05) is 6.07 Å². The van der Waals surface area contributed by atoms with Gasteiger partial charge < -0.3 is 14.6 Å². The van der Waals surface area contributed by atoms with Crippen molar-refractivity contribution < 1.29 is 26.8 Å². The first-order valence-corrected chi connectivity index (χ1v) is 10.1. The van der Waals surface area contributed by atoms with E-state index in [0.29, 0.717) is 35.5 Å². The van der Waals surface area contributed by atoms with Crippen LogP contribution in [0.25, 0.3) is 11.0 Å². The number of furan rings is 1. The molecule has 8 heteroatoms. The number of rotatable bonds is 5. The van der Waals surface area contributed by atoms with E-state index in [1.54, 1.807) is 25.1 Å². The second-order valence-corrected chi connectivity index (χ2v) is 7.97. The average molecular weight is 434 g/mol. The molecule has 1 fully saturated rings. The quantitative estimate of drug-likeness (QED) is 0.525. The number of hydrogen-bond donors (Lipinski definition) is 1. The Kier molecular flexibility index (Phi) is 5.64. The van der Waals surface area contributed by atoms with E-state index < -0.39 is 11.7 Å². The molecule has 1 aliphatic rings. The Balaban J connectivity index is 1.34. The summed E-state index contributed by atoms with van der Waals surface area (Å²) in [6, 6.07) is 10.8. The summed E-state index contributed by atoms with van der Waals surface area (Å²) in [6.45, 7) is 2.91. The molecule has 0 bridgehead atoms. The van der Waals surface area contributed by atoms with E-state index in [0.717, 1.165) is 18.6 Å². The molecule has 1 aromatic heterocycles. The van der Waals surface area contributed by atoms with E-state index in [1.807, 2.05) is 4.90 Å². The van der Waals surface area contributed by atoms with Crippen LogP contribution in [0.4, 0.5) is 23.2 Å². The van der Waals surface area contributed by atoms with Crippen LogP contribution in [-0.4, -0.2) is 19.0 Å². The fraction of sp³-hybridized carbons (Fsp3) is 0.348. The van der Waals surface area contributed by atoms with Crippen LogP contribution in [0.5, 0.6) is 0 Å². The lowest BCUT2D eigenvalue weighted by molar-refractivity contribution is -0.137. The predicted molar refractivity (Wildman–Crippen MR) is 109 cm³/mol. The van der Waals surface area contributed by atoms with Crippen LogP contribution in [0, 0.1) is 11.7 Å². The number of amides is 1. The van der Waals surface area contributed by atoms with Crippen LogP contribution in [0.15, 0.2) is 52.9 Å². The van der Waals surface area contributed by atoms with Crippen LogP contribution in [0.1, 0.15) is 37.1 Å². The topological polar surface area (TPSA) is 45.5 Å². The van der Waals surface area contributed by atoms with E-state index in [2.05, 4.69) is 5.32 Å². The molecule has 1 amide bonds. The molecule has 0 radical (unpaired) electrons. The largest absolute Gasteiger partial charge is 0.459 e. The minimum atomic E-state index is -4.38. The standard InChI is InChI=1S/C23H22F4N2O2/c1-14(21-11-16-10-18(24)5-6-20(16)31-21)28-22(30)9-15-7-8-29(13-15)19-4-2-3-17(12-19)23(25,26)27/h2-6,10-12,14-15H,7-9,13H2,1H3,(H,28,30)/t14-,15+/m1/s1. The van der Waals surface area contributed by atoms with E-state index >= 15 is 0 Å². The van der Waals surface area contributed by atoms with Gasteiger partial charge in [0, 0.05) is 30.6 Å². The molecule has 0 aliphatic carbocycles. The Labute approximate surface area is 176 Å². The Morgan fingerprint density at radius 2 is 2.03 bits per heavy atom. The summed E-state index contributed by atoms with van der Waals surface area (Å²) < 4.78 is 57.9. The molecule has 31 heavy (non-hydrogen) atoms. The van der Waals surface area contributed by atoms with Crippen molar-refractivity contribution >= 4 is 22.6 Å². The number of carbonyl (C=O) groups excluding carboxylic acids is 1. The van der Waals surface area contributed by atoms with Crippen molar-refractivity contribution in [2.45, 2.75) is 32.0 Å². The number of carbonyl (C=O) groups is 1. The van der Waals surface area contributed by atoms with Gasteiger partial charge in [-0.3, -0.25) is 4.79 Å². The van der Waals surface area contributed by atoms with Crippen molar-refractivity contribution in [2.75, 3.05) is 18.0 Å². The summed E-state index contributed by atoms with van der Waals surface area (Å²) in [5, 5.41) is 3.52. The summed E-state index contributed by atoms with van der Waals surface area (Å²) in [7, 11) is 0. The van der Waals surface area contributed by atoms with Gasteiger partial charge in [0.15, 0.2) is 0 Å². The molecular weight excluding hydrogens is 412 g/mol. The summed E-state index contributed by atoms with van der Waals surface area (Å²) >= 11 is 0. The second kappa shape index (κ2) is 8.24. The number of fused-ring (bicyclic) bond motifs is 1. The zero-order valence-corrected chi connectivity index (χ0v) is 16.9. The van der Waals surface area contributed by atoms with Gasteiger partial charge >= 0.3 is 6.18 Å². The maximum absolute atomic E-state index is 13.3. The Morgan fingerprint density at radius 3 is 2.81 bits per heavy atom. The summed E-state index contributed by atoms with van der Waals surface area (Å²) in [4.78, 5) is 14.4. The van der Waals surface area contributed by atoms with Crippen molar-refractivity contribution in [3.05, 3.63) is 65.7 Å². The number of anilines is 1. The average Bonchev–Trinajstić information content (AvgIpc) is 3.34. The van der Waals surface area contributed by atoms with Gasteiger partial charge in [0.1, 0.15) is 17.2 Å². The smallest absolute Gasteiger partial charge is 0.416 e. The zero-order valence-electron chi connectivity index (χ0n) is 16.9. The van der Waals surface area contributed by atoms with Crippen molar-refractivity contribution in [1.29, 1.82) is 0 Å².